The van der Waals surface area contributed by atoms with Crippen molar-refractivity contribution in [2.45, 2.75) is 133 Å². The number of carboxylic acids is 1. The highest BCUT2D eigenvalue weighted by atomic mass is 32.2. The molecule has 5 N–H and O–H groups in total. The minimum atomic E-state index is -4.52. The highest BCUT2D eigenvalue weighted by Gasteiger charge is 2.42. The third kappa shape index (κ3) is 10.5. The molecule has 3 aromatic rings. The number of phenolic OH excluding ortho intramolecular Hbond substituents is 1. The van der Waals surface area contributed by atoms with Crippen molar-refractivity contribution >= 4 is 43.5 Å². The van der Waals surface area contributed by atoms with Gasteiger partial charge in [-0.2, -0.15) is 16.8 Å². The summed E-state index contributed by atoms with van der Waals surface area (Å²) >= 11 is 0. The van der Waals surface area contributed by atoms with Gasteiger partial charge >= 0.3 is 5.97 Å². The Morgan fingerprint density at radius 3 is 2.21 bits per heavy atom. The number of phenols is 1. The van der Waals surface area contributed by atoms with Crippen LogP contribution in [0.2, 0.25) is 0 Å². The molecule has 0 saturated carbocycles. The SMILES string of the molecule is Cc1ccc(S(=O)(=O)O)cc1C(C)(C)C(/C=C/C=C1/N(CCCCCC(=O)O)c2ccc(S(=O)(=O)O)cc2C1(C)C)=NCCCNC(=O)C1(C)CCc2c(C)c(O)c(C)c(C)c2O1. The number of ether oxygens (including phenoxy) is 1. The standard InChI is InChI=1S/C47H61N3O11S2/c1-29-18-19-33(62(55,56)57)27-36(29)45(5,6)39(48-24-14-25-49-44(54)47(9)23-22-35-32(4)42(53)30(2)31(3)43(35)61-47)15-13-16-40-46(7,8)37-28-34(63(58,59)60)20-21-38(37)50(40)26-12-10-11-17-41(51)52/h13,15-16,18-21,27-28,53H,10-12,14,17,22-26H2,1-9H3,(H,49,54)(H,51,52)(H,55,56,57)(H,58,59,60)/b15-13+,40-16+,48-39?. The minimum absolute atomic E-state index is 0.0525. The van der Waals surface area contributed by atoms with Crippen LogP contribution in [-0.2, 0) is 47.1 Å². The lowest BCUT2D eigenvalue weighted by Gasteiger charge is -2.36. The fourth-order valence-corrected chi connectivity index (χ4v) is 9.63. The van der Waals surface area contributed by atoms with E-state index in [1.54, 1.807) is 19.1 Å². The van der Waals surface area contributed by atoms with Gasteiger partial charge in [0.25, 0.3) is 26.1 Å². The molecule has 63 heavy (non-hydrogen) atoms. The summed E-state index contributed by atoms with van der Waals surface area (Å²) in [6, 6.07) is 8.91. The molecule has 2 aliphatic rings. The van der Waals surface area contributed by atoms with Crippen LogP contribution < -0.4 is 15.0 Å². The zero-order chi connectivity index (χ0) is 46.9. The smallest absolute Gasteiger partial charge is 0.303 e. The van der Waals surface area contributed by atoms with Gasteiger partial charge in [-0.1, -0.05) is 46.3 Å². The molecule has 3 aromatic carbocycles. The van der Waals surface area contributed by atoms with Gasteiger partial charge in [-0.15, -0.1) is 0 Å². The minimum Gasteiger partial charge on any atom is -0.507 e. The van der Waals surface area contributed by atoms with Crippen LogP contribution >= 0.6 is 0 Å². The van der Waals surface area contributed by atoms with E-state index in [4.69, 9.17) is 14.8 Å². The lowest BCUT2D eigenvalue weighted by atomic mass is 9.77. The van der Waals surface area contributed by atoms with Gasteiger partial charge in [0.1, 0.15) is 11.5 Å². The molecule has 0 spiro atoms. The lowest BCUT2D eigenvalue weighted by Crippen LogP contribution is -2.51. The maximum Gasteiger partial charge on any atom is 0.303 e. The number of nitrogens with one attached hydrogen (secondary N) is 1. The van der Waals surface area contributed by atoms with Crippen LogP contribution in [-0.4, -0.2) is 79.0 Å². The third-order valence-electron chi connectivity index (χ3n) is 12.7. The number of carbonyl (C=O) groups is 2. The summed E-state index contributed by atoms with van der Waals surface area (Å²) in [5.74, 6) is -0.258. The second-order valence-corrected chi connectivity index (χ2v) is 20.7. The fourth-order valence-electron chi connectivity index (χ4n) is 8.62. The summed E-state index contributed by atoms with van der Waals surface area (Å²) in [5, 5.41) is 22.7. The van der Waals surface area contributed by atoms with Crippen molar-refractivity contribution in [3.05, 3.63) is 99.3 Å². The first-order chi connectivity index (χ1) is 29.2. The van der Waals surface area contributed by atoms with Gasteiger partial charge < -0.3 is 25.2 Å². The second-order valence-electron chi connectivity index (χ2n) is 17.9. The number of hydrogen-bond donors (Lipinski definition) is 5. The first-order valence-electron chi connectivity index (χ1n) is 21.1. The number of anilines is 1. The van der Waals surface area contributed by atoms with E-state index in [2.05, 4.69) is 10.2 Å². The molecule has 14 nitrogen and oxygen atoms in total. The molecule has 2 heterocycles. The molecule has 1 amide bonds. The van der Waals surface area contributed by atoms with Crippen LogP contribution in [0.5, 0.6) is 11.5 Å². The van der Waals surface area contributed by atoms with Crippen molar-refractivity contribution in [2.75, 3.05) is 24.5 Å². The molecule has 2 aliphatic heterocycles. The van der Waals surface area contributed by atoms with Crippen molar-refractivity contribution in [2.24, 2.45) is 4.99 Å². The number of carboxylic acid groups (broad SMARTS) is 1. The van der Waals surface area contributed by atoms with E-state index in [9.17, 15) is 40.6 Å². The van der Waals surface area contributed by atoms with E-state index in [1.807, 2.05) is 73.6 Å². The van der Waals surface area contributed by atoms with E-state index in [-0.39, 0.29) is 34.4 Å². The van der Waals surface area contributed by atoms with Crippen LogP contribution in [0.25, 0.3) is 0 Å². The monoisotopic (exact) mass is 907 g/mol. The number of aliphatic imine (C=N–C) groups is 1. The number of aliphatic carboxylic acids is 1. The Hall–Kier alpha value is -5.03. The van der Waals surface area contributed by atoms with Gasteiger partial charge in [0.05, 0.1) is 9.79 Å². The van der Waals surface area contributed by atoms with E-state index in [0.717, 1.165) is 33.6 Å². The largest absolute Gasteiger partial charge is 0.507 e. The first kappa shape index (κ1) is 49.0. The number of allylic oxidation sites excluding steroid dienone is 4. The van der Waals surface area contributed by atoms with Crippen LogP contribution in [0.4, 0.5) is 5.69 Å². The molecule has 0 fully saturated rings. The number of fused-ring (bicyclic) bond motifs is 2. The Morgan fingerprint density at radius 2 is 1.56 bits per heavy atom. The van der Waals surface area contributed by atoms with E-state index >= 15 is 0 Å². The van der Waals surface area contributed by atoms with Gasteiger partial charge in [0, 0.05) is 66.0 Å². The number of unbranched alkanes of at least 4 members (excludes halogenated alkanes) is 2. The highest BCUT2D eigenvalue weighted by Crippen LogP contribution is 2.49. The van der Waals surface area contributed by atoms with Gasteiger partial charge in [0.15, 0.2) is 5.60 Å². The molecule has 1 unspecified atom stereocenters. The third-order valence-corrected chi connectivity index (χ3v) is 14.4. The molecular weight excluding hydrogens is 847 g/mol. The number of rotatable bonds is 17. The van der Waals surface area contributed by atoms with E-state index in [0.29, 0.717) is 79.8 Å². The molecule has 0 bridgehead atoms. The predicted molar refractivity (Wildman–Crippen MR) is 244 cm³/mol. The number of benzene rings is 3. The van der Waals surface area contributed by atoms with Gasteiger partial charge in [-0.25, -0.2) is 0 Å². The number of carbonyl (C=O) groups excluding carboxylic acids is 1. The van der Waals surface area contributed by atoms with Crippen molar-refractivity contribution in [1.29, 1.82) is 0 Å². The molecule has 0 saturated heterocycles. The average molecular weight is 908 g/mol. The summed E-state index contributed by atoms with van der Waals surface area (Å²) in [7, 11) is -9.00. The highest BCUT2D eigenvalue weighted by molar-refractivity contribution is 7.86. The molecule has 0 aliphatic carbocycles. The van der Waals surface area contributed by atoms with Crippen LogP contribution in [0, 0.1) is 27.7 Å². The average Bonchev–Trinajstić information content (AvgIpc) is 3.41. The number of nitrogens with zero attached hydrogens (tertiary/aromatic N) is 2. The van der Waals surface area contributed by atoms with Crippen molar-refractivity contribution in [1.82, 2.24) is 5.32 Å². The number of hydrogen-bond acceptors (Lipinski definition) is 10. The van der Waals surface area contributed by atoms with Crippen LogP contribution in [0.1, 0.15) is 112 Å². The molecule has 342 valence electrons. The summed E-state index contributed by atoms with van der Waals surface area (Å²) in [6.45, 7) is 18.0. The number of aromatic hydroxyl groups is 1. The van der Waals surface area contributed by atoms with E-state index in [1.165, 1.54) is 24.3 Å². The Labute approximate surface area is 371 Å². The van der Waals surface area contributed by atoms with Crippen LogP contribution in [0.3, 0.4) is 0 Å². The van der Waals surface area contributed by atoms with Crippen molar-refractivity contribution in [3.63, 3.8) is 0 Å². The predicted octanol–water partition coefficient (Wildman–Crippen LogP) is 8.01. The maximum atomic E-state index is 13.6. The second kappa shape index (κ2) is 18.6. The number of amides is 1. The molecule has 16 heteroatoms. The fraction of sp³-hybridized carbons (Fsp3) is 0.468. The van der Waals surface area contributed by atoms with Crippen molar-refractivity contribution in [3.8, 4) is 11.5 Å². The summed E-state index contributed by atoms with van der Waals surface area (Å²) in [6.07, 6.45) is 8.90. The quantitative estimate of drug-likeness (QED) is 0.0494. The van der Waals surface area contributed by atoms with E-state index < -0.39 is 42.6 Å². The van der Waals surface area contributed by atoms with Crippen LogP contribution in [0.15, 0.2) is 75.1 Å². The molecule has 5 rings (SSSR count). The zero-order valence-electron chi connectivity index (χ0n) is 37.6. The number of aryl methyl sites for hydroxylation is 1. The van der Waals surface area contributed by atoms with Crippen molar-refractivity contribution < 1.29 is 50.5 Å². The van der Waals surface area contributed by atoms with Gasteiger partial charge in [-0.05, 0) is 136 Å². The molecule has 0 aromatic heterocycles. The Bertz CT molecular complexity index is 2610. The van der Waals surface area contributed by atoms with Gasteiger partial charge in [0.2, 0.25) is 0 Å². The topological polar surface area (TPSA) is 220 Å². The first-order valence-corrected chi connectivity index (χ1v) is 24.0. The Balaban J connectivity index is 1.44. The summed E-state index contributed by atoms with van der Waals surface area (Å²) < 4.78 is 75.0. The lowest BCUT2D eigenvalue weighted by molar-refractivity contribution is -0.137. The Morgan fingerprint density at radius 1 is 0.905 bits per heavy atom. The zero-order valence-corrected chi connectivity index (χ0v) is 39.3. The van der Waals surface area contributed by atoms with Gasteiger partial charge in [-0.3, -0.25) is 23.7 Å². The molecular formula is C47H61N3O11S2. The molecule has 1 atom stereocenters. The molecule has 0 radical (unpaired) electrons. The summed E-state index contributed by atoms with van der Waals surface area (Å²) in [5.41, 5.74) is 4.65. The Kier molecular flexibility index (Phi) is 14.5. The summed E-state index contributed by atoms with van der Waals surface area (Å²) in [4.78, 5) is 31.4. The maximum absolute atomic E-state index is 13.6. The normalized spacial score (nSPS) is 18.4.